The molecule has 0 saturated heterocycles. The Morgan fingerprint density at radius 2 is 1.59 bits per heavy atom. The first-order valence-electron chi connectivity index (χ1n) is 7.15. The summed E-state index contributed by atoms with van der Waals surface area (Å²) in [5.41, 5.74) is 1.11. The average Bonchev–Trinajstić information content (AvgIpc) is 2.54. The summed E-state index contributed by atoms with van der Waals surface area (Å²) < 4.78 is 35.0. The average molecular weight is 320 g/mol. The molecule has 0 spiro atoms. The van der Waals surface area contributed by atoms with Gasteiger partial charge in [0.15, 0.2) is 11.5 Å². The number of hydrogen-bond donors (Lipinski definition) is 0. The minimum atomic E-state index is -3.88. The van der Waals surface area contributed by atoms with Gasteiger partial charge in [0.05, 0.1) is 7.11 Å². The molecule has 2 aromatic rings. The van der Waals surface area contributed by atoms with Crippen LogP contribution in [0.15, 0.2) is 53.4 Å². The van der Waals surface area contributed by atoms with Gasteiger partial charge in [0, 0.05) is 0 Å². The zero-order chi connectivity index (χ0) is 16.2. The van der Waals surface area contributed by atoms with Crippen LogP contribution < -0.4 is 8.92 Å². The Kier molecular flexibility index (Phi) is 5.08. The van der Waals surface area contributed by atoms with E-state index in [2.05, 4.69) is 13.8 Å². The Labute approximate surface area is 131 Å². The number of rotatable bonds is 6. The zero-order valence-corrected chi connectivity index (χ0v) is 13.8. The fraction of sp³-hybridized carbons (Fsp3) is 0.294. The second-order valence-electron chi connectivity index (χ2n) is 5.07. The molecule has 0 bridgehead atoms. The van der Waals surface area contributed by atoms with Gasteiger partial charge in [-0.15, -0.1) is 0 Å². The van der Waals surface area contributed by atoms with Crippen LogP contribution in [0.5, 0.6) is 11.5 Å². The van der Waals surface area contributed by atoms with E-state index < -0.39 is 10.1 Å². The first-order valence-corrected chi connectivity index (χ1v) is 8.56. The molecule has 2 aromatic carbocycles. The molecule has 22 heavy (non-hydrogen) atoms. The van der Waals surface area contributed by atoms with Gasteiger partial charge in [-0.2, -0.15) is 8.42 Å². The molecule has 4 nitrogen and oxygen atoms in total. The predicted molar refractivity (Wildman–Crippen MR) is 86.0 cm³/mol. The molecular weight excluding hydrogens is 300 g/mol. The molecule has 0 N–H and O–H groups in total. The molecule has 5 heteroatoms. The van der Waals surface area contributed by atoms with Crippen LogP contribution >= 0.6 is 0 Å². The fourth-order valence-corrected chi connectivity index (χ4v) is 2.99. The van der Waals surface area contributed by atoms with E-state index in [1.165, 1.54) is 7.11 Å². The van der Waals surface area contributed by atoms with E-state index in [1.807, 2.05) is 12.1 Å². The summed E-state index contributed by atoms with van der Waals surface area (Å²) in [5.74, 6) is 0.949. The molecule has 0 heterocycles. The lowest BCUT2D eigenvalue weighted by Gasteiger charge is -2.12. The molecule has 118 valence electrons. The second kappa shape index (κ2) is 6.83. The summed E-state index contributed by atoms with van der Waals surface area (Å²) >= 11 is 0. The van der Waals surface area contributed by atoms with Gasteiger partial charge in [-0.05, 0) is 42.2 Å². The molecule has 0 aliphatic carbocycles. The Morgan fingerprint density at radius 3 is 2.14 bits per heavy atom. The van der Waals surface area contributed by atoms with Crippen molar-refractivity contribution in [3.63, 3.8) is 0 Å². The minimum absolute atomic E-state index is 0.130. The zero-order valence-electron chi connectivity index (χ0n) is 12.9. The van der Waals surface area contributed by atoms with Crippen molar-refractivity contribution in [1.29, 1.82) is 0 Å². The summed E-state index contributed by atoms with van der Waals surface area (Å²) in [7, 11) is -2.41. The highest BCUT2D eigenvalue weighted by Gasteiger charge is 2.19. The molecular formula is C17H20O4S. The number of hydrogen-bond acceptors (Lipinski definition) is 4. The number of ether oxygens (including phenoxy) is 1. The summed E-state index contributed by atoms with van der Waals surface area (Å²) in [6.45, 7) is 4.20. The fourth-order valence-electron chi connectivity index (χ4n) is 2.05. The van der Waals surface area contributed by atoms with Crippen LogP contribution in [0.25, 0.3) is 0 Å². The molecule has 2 rings (SSSR count). The third-order valence-electron chi connectivity index (χ3n) is 3.62. The van der Waals surface area contributed by atoms with Crippen LogP contribution in [0.4, 0.5) is 0 Å². The van der Waals surface area contributed by atoms with Gasteiger partial charge in [-0.3, -0.25) is 0 Å². The van der Waals surface area contributed by atoms with Gasteiger partial charge in [0.25, 0.3) is 0 Å². The first kappa shape index (κ1) is 16.4. The van der Waals surface area contributed by atoms with Gasteiger partial charge in [0.1, 0.15) is 4.90 Å². The molecule has 0 aromatic heterocycles. The molecule has 0 aliphatic heterocycles. The van der Waals surface area contributed by atoms with E-state index in [9.17, 15) is 8.42 Å². The van der Waals surface area contributed by atoms with Gasteiger partial charge >= 0.3 is 10.1 Å². The largest absolute Gasteiger partial charge is 0.493 e. The smallest absolute Gasteiger partial charge is 0.339 e. The third kappa shape index (κ3) is 3.60. The van der Waals surface area contributed by atoms with Crippen molar-refractivity contribution < 1.29 is 17.3 Å². The number of benzene rings is 2. The normalized spacial score (nSPS) is 12.7. The van der Waals surface area contributed by atoms with Crippen molar-refractivity contribution in [2.75, 3.05) is 7.11 Å². The van der Waals surface area contributed by atoms with Crippen molar-refractivity contribution >= 4 is 10.1 Å². The lowest BCUT2D eigenvalue weighted by Crippen LogP contribution is -2.10. The minimum Gasteiger partial charge on any atom is -0.493 e. The van der Waals surface area contributed by atoms with Crippen LogP contribution in [0.3, 0.4) is 0 Å². The molecule has 0 radical (unpaired) electrons. The van der Waals surface area contributed by atoms with Crippen molar-refractivity contribution in [2.24, 2.45) is 0 Å². The highest BCUT2D eigenvalue weighted by Crippen LogP contribution is 2.29. The summed E-state index contributed by atoms with van der Waals surface area (Å²) in [6.07, 6.45) is 1.00. The van der Waals surface area contributed by atoms with E-state index in [0.29, 0.717) is 11.7 Å². The Morgan fingerprint density at radius 1 is 1.00 bits per heavy atom. The molecule has 0 aliphatic rings. The third-order valence-corrected chi connectivity index (χ3v) is 4.87. The van der Waals surface area contributed by atoms with E-state index in [1.54, 1.807) is 36.4 Å². The molecule has 1 unspecified atom stereocenters. The Bertz CT molecular complexity index is 721. The lowest BCUT2D eigenvalue weighted by atomic mass is 9.99. The van der Waals surface area contributed by atoms with Crippen LogP contribution in [-0.2, 0) is 10.1 Å². The lowest BCUT2D eigenvalue weighted by molar-refractivity contribution is 0.390. The SMILES string of the molecule is CCC(C)c1ccc(S(=O)(=O)Oc2ccccc2OC)cc1. The topological polar surface area (TPSA) is 52.6 Å². The maximum atomic E-state index is 12.3. The van der Waals surface area contributed by atoms with Crippen LogP contribution in [0.2, 0.25) is 0 Å². The van der Waals surface area contributed by atoms with Gasteiger partial charge in [-0.1, -0.05) is 38.1 Å². The summed E-state index contributed by atoms with van der Waals surface area (Å²) in [6, 6.07) is 13.5. The highest BCUT2D eigenvalue weighted by molar-refractivity contribution is 7.87. The van der Waals surface area contributed by atoms with E-state index in [0.717, 1.165) is 12.0 Å². The van der Waals surface area contributed by atoms with E-state index in [-0.39, 0.29) is 10.6 Å². The molecule has 1 atom stereocenters. The second-order valence-corrected chi connectivity index (χ2v) is 6.61. The van der Waals surface area contributed by atoms with Gasteiger partial charge in [-0.25, -0.2) is 0 Å². The van der Waals surface area contributed by atoms with Crippen molar-refractivity contribution in [3.8, 4) is 11.5 Å². The monoisotopic (exact) mass is 320 g/mol. The van der Waals surface area contributed by atoms with E-state index in [4.69, 9.17) is 8.92 Å². The molecule has 0 saturated carbocycles. The number of methoxy groups -OCH3 is 1. The van der Waals surface area contributed by atoms with Gasteiger partial charge < -0.3 is 8.92 Å². The highest BCUT2D eigenvalue weighted by atomic mass is 32.2. The maximum Gasteiger partial charge on any atom is 0.339 e. The summed E-state index contributed by atoms with van der Waals surface area (Å²) in [4.78, 5) is 0.130. The predicted octanol–water partition coefficient (Wildman–Crippen LogP) is 3.98. The summed E-state index contributed by atoms with van der Waals surface area (Å²) in [5, 5.41) is 0. The van der Waals surface area contributed by atoms with Crippen LogP contribution in [0, 0.1) is 0 Å². The molecule has 0 amide bonds. The Balaban J connectivity index is 2.27. The van der Waals surface area contributed by atoms with Crippen molar-refractivity contribution in [3.05, 3.63) is 54.1 Å². The van der Waals surface area contributed by atoms with Crippen molar-refractivity contribution in [1.82, 2.24) is 0 Å². The standard InChI is InChI=1S/C17H20O4S/c1-4-13(2)14-9-11-15(12-10-14)22(18,19)21-17-8-6-5-7-16(17)20-3/h5-13H,4H2,1-3H3. The van der Waals surface area contributed by atoms with Crippen LogP contribution in [-0.4, -0.2) is 15.5 Å². The van der Waals surface area contributed by atoms with Gasteiger partial charge in [0.2, 0.25) is 0 Å². The van der Waals surface area contributed by atoms with Crippen LogP contribution in [0.1, 0.15) is 31.7 Å². The molecule has 0 fully saturated rings. The quantitative estimate of drug-likeness (QED) is 0.756. The van der Waals surface area contributed by atoms with E-state index >= 15 is 0 Å². The first-order chi connectivity index (χ1) is 10.5. The maximum absolute atomic E-state index is 12.3. The van der Waals surface area contributed by atoms with Crippen molar-refractivity contribution in [2.45, 2.75) is 31.1 Å². The number of para-hydroxylation sites is 2. The Hall–Kier alpha value is -2.01.